The van der Waals surface area contributed by atoms with Gasteiger partial charge in [0.05, 0.1) is 0 Å². The van der Waals surface area contributed by atoms with Crippen LogP contribution in [0.1, 0.15) is 30.5 Å². The minimum atomic E-state index is 0. The first kappa shape index (κ1) is 16.5. The minimum Gasteiger partial charge on any atom is -0.370 e. The van der Waals surface area contributed by atoms with Gasteiger partial charge >= 0.3 is 0 Å². The van der Waals surface area contributed by atoms with Crippen molar-refractivity contribution < 1.29 is 0 Å². The van der Waals surface area contributed by atoms with Crippen molar-refractivity contribution in [2.75, 3.05) is 25.0 Å². The number of nitrogens with zero attached hydrogens (tertiary/aromatic N) is 1. The van der Waals surface area contributed by atoms with Crippen molar-refractivity contribution >= 4 is 30.6 Å². The second-order valence-electron chi connectivity index (χ2n) is 5.24. The molecule has 3 rings (SSSR count). The van der Waals surface area contributed by atoms with Crippen LogP contribution in [-0.2, 0) is 12.8 Å². The first-order valence-corrected chi connectivity index (χ1v) is 6.85. The summed E-state index contributed by atoms with van der Waals surface area (Å²) >= 11 is 0. The predicted molar refractivity (Wildman–Crippen MR) is 84.8 cm³/mol. The third-order valence-corrected chi connectivity index (χ3v) is 3.92. The summed E-state index contributed by atoms with van der Waals surface area (Å²) in [5.74, 6) is 2.00. The van der Waals surface area contributed by atoms with E-state index in [2.05, 4.69) is 22.8 Å². The number of fused-ring (bicyclic) bond motifs is 1. The molecule has 0 aliphatic carbocycles. The highest BCUT2D eigenvalue weighted by Crippen LogP contribution is 2.21. The zero-order valence-corrected chi connectivity index (χ0v) is 12.8. The van der Waals surface area contributed by atoms with E-state index in [0.717, 1.165) is 24.7 Å². The van der Waals surface area contributed by atoms with Gasteiger partial charge in [-0.25, -0.2) is 4.98 Å². The average molecular weight is 304 g/mol. The molecular formula is C14H23Cl2N3. The molecule has 1 atom stereocenters. The summed E-state index contributed by atoms with van der Waals surface area (Å²) in [6, 6.07) is 4.48. The molecule has 0 amide bonds. The maximum atomic E-state index is 4.74. The second kappa shape index (κ2) is 7.93. The van der Waals surface area contributed by atoms with Crippen molar-refractivity contribution in [1.29, 1.82) is 0 Å². The molecule has 0 saturated carbocycles. The maximum Gasteiger partial charge on any atom is 0.129 e. The predicted octanol–water partition coefficient (Wildman–Crippen LogP) is 2.83. The van der Waals surface area contributed by atoms with Gasteiger partial charge in [-0.1, -0.05) is 6.07 Å². The van der Waals surface area contributed by atoms with E-state index >= 15 is 0 Å². The molecule has 5 heteroatoms. The summed E-state index contributed by atoms with van der Waals surface area (Å²) in [5, 5.41) is 6.83. The van der Waals surface area contributed by atoms with Crippen LogP contribution in [0.25, 0.3) is 0 Å². The fraction of sp³-hybridized carbons (Fsp3) is 0.643. The van der Waals surface area contributed by atoms with Crippen LogP contribution in [0, 0.1) is 5.92 Å². The number of aryl methyl sites for hydroxylation is 2. The standard InChI is InChI=1S/C14H21N3.2ClH/c1-2-12-4-6-13(17-14(12)16-8-1)5-3-11-7-9-15-10-11;;/h4,6,11,15H,1-3,5,7-10H2,(H,16,17);2*1H. The van der Waals surface area contributed by atoms with E-state index in [-0.39, 0.29) is 24.8 Å². The molecule has 2 N–H and O–H groups in total. The number of rotatable bonds is 3. The fourth-order valence-corrected chi connectivity index (χ4v) is 2.82. The molecule has 3 nitrogen and oxygen atoms in total. The van der Waals surface area contributed by atoms with Crippen LogP contribution in [0.4, 0.5) is 5.82 Å². The lowest BCUT2D eigenvalue weighted by Gasteiger charge is -2.17. The molecule has 0 aromatic carbocycles. The highest BCUT2D eigenvalue weighted by molar-refractivity contribution is 5.85. The Morgan fingerprint density at radius 1 is 1.21 bits per heavy atom. The van der Waals surface area contributed by atoms with E-state index in [4.69, 9.17) is 4.98 Å². The Morgan fingerprint density at radius 2 is 2.11 bits per heavy atom. The van der Waals surface area contributed by atoms with Gasteiger partial charge in [0.2, 0.25) is 0 Å². The number of aromatic nitrogens is 1. The molecule has 1 aromatic heterocycles. The number of pyridine rings is 1. The molecule has 3 heterocycles. The van der Waals surface area contributed by atoms with Crippen molar-refractivity contribution in [3.8, 4) is 0 Å². The van der Waals surface area contributed by atoms with E-state index < -0.39 is 0 Å². The molecule has 1 fully saturated rings. The second-order valence-corrected chi connectivity index (χ2v) is 5.24. The van der Waals surface area contributed by atoms with Crippen LogP contribution in [0.3, 0.4) is 0 Å². The van der Waals surface area contributed by atoms with Crippen molar-refractivity contribution in [1.82, 2.24) is 10.3 Å². The van der Waals surface area contributed by atoms with Crippen molar-refractivity contribution in [3.63, 3.8) is 0 Å². The normalized spacial score (nSPS) is 20.7. The van der Waals surface area contributed by atoms with Gasteiger partial charge in [0.15, 0.2) is 0 Å². The van der Waals surface area contributed by atoms with Crippen molar-refractivity contribution in [2.24, 2.45) is 5.92 Å². The number of hydrogen-bond donors (Lipinski definition) is 2. The zero-order chi connectivity index (χ0) is 11.5. The molecule has 1 aromatic rings. The van der Waals surface area contributed by atoms with Crippen LogP contribution in [0.15, 0.2) is 12.1 Å². The Kier molecular flexibility index (Phi) is 6.90. The van der Waals surface area contributed by atoms with Gasteiger partial charge in [-0.3, -0.25) is 0 Å². The van der Waals surface area contributed by atoms with Crippen molar-refractivity contribution in [3.05, 3.63) is 23.4 Å². The van der Waals surface area contributed by atoms with Gasteiger partial charge in [0, 0.05) is 12.2 Å². The molecule has 19 heavy (non-hydrogen) atoms. The Balaban J connectivity index is 0.000000902. The molecule has 2 aliphatic rings. The third-order valence-electron chi connectivity index (χ3n) is 3.92. The Hall–Kier alpha value is -0.510. The van der Waals surface area contributed by atoms with Gasteiger partial charge in [0.25, 0.3) is 0 Å². The Labute approximate surface area is 127 Å². The van der Waals surface area contributed by atoms with E-state index in [1.807, 2.05) is 0 Å². The largest absolute Gasteiger partial charge is 0.370 e. The first-order valence-electron chi connectivity index (χ1n) is 6.85. The van der Waals surface area contributed by atoms with Crippen LogP contribution < -0.4 is 10.6 Å². The quantitative estimate of drug-likeness (QED) is 0.901. The minimum absolute atomic E-state index is 0. The lowest BCUT2D eigenvalue weighted by molar-refractivity contribution is 0.529. The van der Waals surface area contributed by atoms with Crippen LogP contribution in [0.5, 0.6) is 0 Å². The monoisotopic (exact) mass is 303 g/mol. The third kappa shape index (κ3) is 4.23. The zero-order valence-electron chi connectivity index (χ0n) is 11.2. The highest BCUT2D eigenvalue weighted by Gasteiger charge is 2.15. The summed E-state index contributed by atoms with van der Waals surface area (Å²) < 4.78 is 0. The number of halogens is 2. The van der Waals surface area contributed by atoms with Gasteiger partial charge in [-0.2, -0.15) is 0 Å². The number of anilines is 1. The van der Waals surface area contributed by atoms with Gasteiger partial charge in [-0.15, -0.1) is 24.8 Å². The number of nitrogens with one attached hydrogen (secondary N) is 2. The highest BCUT2D eigenvalue weighted by atomic mass is 35.5. The molecule has 1 saturated heterocycles. The van der Waals surface area contributed by atoms with E-state index in [0.29, 0.717) is 0 Å². The SMILES string of the molecule is Cl.Cl.c1cc2c(nc1CCC1CCNC1)NCCC2. The average Bonchev–Trinajstić information content (AvgIpc) is 2.89. The molecular weight excluding hydrogens is 281 g/mol. The fourth-order valence-electron chi connectivity index (χ4n) is 2.82. The van der Waals surface area contributed by atoms with E-state index in [9.17, 15) is 0 Å². The van der Waals surface area contributed by atoms with Crippen molar-refractivity contribution in [2.45, 2.75) is 32.1 Å². The van der Waals surface area contributed by atoms with Gasteiger partial charge in [-0.05, 0) is 62.7 Å². The summed E-state index contributed by atoms with van der Waals surface area (Å²) in [6.07, 6.45) is 6.16. The summed E-state index contributed by atoms with van der Waals surface area (Å²) in [5.41, 5.74) is 2.65. The van der Waals surface area contributed by atoms with Gasteiger partial charge in [0.1, 0.15) is 5.82 Å². The molecule has 2 aliphatic heterocycles. The van der Waals surface area contributed by atoms with Crippen LogP contribution in [-0.4, -0.2) is 24.6 Å². The summed E-state index contributed by atoms with van der Waals surface area (Å²) in [6.45, 7) is 3.48. The summed E-state index contributed by atoms with van der Waals surface area (Å²) in [4.78, 5) is 4.74. The number of hydrogen-bond acceptors (Lipinski definition) is 3. The lowest BCUT2D eigenvalue weighted by atomic mass is 10.00. The Bertz CT molecular complexity index is 392. The topological polar surface area (TPSA) is 37.0 Å². The van der Waals surface area contributed by atoms with Crippen LogP contribution >= 0.6 is 24.8 Å². The molecule has 0 radical (unpaired) electrons. The Morgan fingerprint density at radius 3 is 2.89 bits per heavy atom. The first-order chi connectivity index (χ1) is 8.42. The molecule has 0 bridgehead atoms. The van der Waals surface area contributed by atoms with E-state index in [1.165, 1.54) is 50.0 Å². The molecule has 1 unspecified atom stereocenters. The summed E-state index contributed by atoms with van der Waals surface area (Å²) in [7, 11) is 0. The molecule has 0 spiro atoms. The van der Waals surface area contributed by atoms with E-state index in [1.54, 1.807) is 0 Å². The maximum absolute atomic E-state index is 4.74. The van der Waals surface area contributed by atoms with Gasteiger partial charge < -0.3 is 10.6 Å². The lowest BCUT2D eigenvalue weighted by Crippen LogP contribution is -2.14. The van der Waals surface area contributed by atoms with Crippen LogP contribution in [0.2, 0.25) is 0 Å². The molecule has 108 valence electrons. The smallest absolute Gasteiger partial charge is 0.129 e.